The van der Waals surface area contributed by atoms with E-state index in [9.17, 15) is 19.7 Å². The van der Waals surface area contributed by atoms with Gasteiger partial charge < -0.3 is 10.1 Å². The van der Waals surface area contributed by atoms with Gasteiger partial charge in [-0.25, -0.2) is 0 Å². The molecule has 0 heterocycles. The number of carbonyl (C=O) groups excluding carboxylic acids is 2. The van der Waals surface area contributed by atoms with Crippen molar-refractivity contribution in [3.63, 3.8) is 0 Å². The Bertz CT molecular complexity index is 821. The SMILES string of the molecule is Cc1ccc(NC(=O)CCC(=O)OCc2ccc(Br)cc2)c([N+](=O)[O-])c1. The van der Waals surface area contributed by atoms with E-state index < -0.39 is 16.8 Å². The Morgan fingerprint density at radius 3 is 2.50 bits per heavy atom. The molecule has 0 saturated carbocycles. The first kappa shape index (κ1) is 19.6. The van der Waals surface area contributed by atoms with Crippen molar-refractivity contribution in [2.75, 3.05) is 5.32 Å². The lowest BCUT2D eigenvalue weighted by Gasteiger charge is -2.07. The van der Waals surface area contributed by atoms with Crippen LogP contribution in [0.2, 0.25) is 0 Å². The summed E-state index contributed by atoms with van der Waals surface area (Å²) in [7, 11) is 0. The van der Waals surface area contributed by atoms with Crippen molar-refractivity contribution < 1.29 is 19.2 Å². The molecule has 7 nitrogen and oxygen atoms in total. The number of rotatable bonds is 7. The molecule has 0 aliphatic carbocycles. The van der Waals surface area contributed by atoms with E-state index in [0.29, 0.717) is 5.56 Å². The standard InChI is InChI=1S/C18H17BrN2O5/c1-12-2-7-15(16(10-12)21(24)25)20-17(22)8-9-18(23)26-11-13-3-5-14(19)6-4-13/h2-7,10H,8-9,11H2,1H3,(H,20,22). The predicted molar refractivity (Wildman–Crippen MR) is 99.6 cm³/mol. The second kappa shape index (κ2) is 9.10. The first-order chi connectivity index (χ1) is 12.3. The van der Waals surface area contributed by atoms with E-state index in [1.807, 2.05) is 24.3 Å². The van der Waals surface area contributed by atoms with Gasteiger partial charge in [0.15, 0.2) is 0 Å². The van der Waals surface area contributed by atoms with Crippen LogP contribution < -0.4 is 5.32 Å². The third kappa shape index (κ3) is 5.96. The smallest absolute Gasteiger partial charge is 0.306 e. The molecule has 0 aromatic heterocycles. The number of aryl methyl sites for hydroxylation is 1. The van der Waals surface area contributed by atoms with Crippen LogP contribution in [0.5, 0.6) is 0 Å². The fraction of sp³-hybridized carbons (Fsp3) is 0.222. The van der Waals surface area contributed by atoms with E-state index >= 15 is 0 Å². The molecule has 26 heavy (non-hydrogen) atoms. The molecule has 0 unspecified atom stereocenters. The molecule has 136 valence electrons. The highest BCUT2D eigenvalue weighted by Crippen LogP contribution is 2.25. The number of hydrogen-bond acceptors (Lipinski definition) is 5. The molecule has 2 rings (SSSR count). The van der Waals surface area contributed by atoms with Crippen LogP contribution in [0.1, 0.15) is 24.0 Å². The molecule has 0 radical (unpaired) electrons. The fourth-order valence-corrected chi connectivity index (χ4v) is 2.41. The molecular formula is C18H17BrN2O5. The van der Waals surface area contributed by atoms with Crippen LogP contribution in [0, 0.1) is 17.0 Å². The van der Waals surface area contributed by atoms with Gasteiger partial charge >= 0.3 is 5.97 Å². The molecule has 0 bridgehead atoms. The van der Waals surface area contributed by atoms with Gasteiger partial charge in [0.25, 0.3) is 5.69 Å². The molecule has 8 heteroatoms. The van der Waals surface area contributed by atoms with Gasteiger partial charge in [-0.2, -0.15) is 0 Å². The lowest BCUT2D eigenvalue weighted by molar-refractivity contribution is -0.384. The van der Waals surface area contributed by atoms with Crippen LogP contribution in [0.15, 0.2) is 46.9 Å². The van der Waals surface area contributed by atoms with Gasteiger partial charge in [-0.1, -0.05) is 34.1 Å². The highest BCUT2D eigenvalue weighted by atomic mass is 79.9. The number of nitrogens with one attached hydrogen (secondary N) is 1. The highest BCUT2D eigenvalue weighted by Gasteiger charge is 2.16. The molecule has 0 aliphatic heterocycles. The number of hydrogen-bond donors (Lipinski definition) is 1. The van der Waals surface area contributed by atoms with E-state index in [1.165, 1.54) is 12.1 Å². The Labute approximate surface area is 158 Å². The first-order valence-electron chi connectivity index (χ1n) is 7.80. The number of carbonyl (C=O) groups is 2. The van der Waals surface area contributed by atoms with Crippen molar-refractivity contribution in [1.29, 1.82) is 0 Å². The molecule has 1 amide bonds. The Morgan fingerprint density at radius 2 is 1.85 bits per heavy atom. The van der Waals surface area contributed by atoms with Gasteiger partial charge in [0.2, 0.25) is 5.91 Å². The summed E-state index contributed by atoms with van der Waals surface area (Å²) in [5, 5.41) is 13.5. The van der Waals surface area contributed by atoms with Crippen LogP contribution in [0.4, 0.5) is 11.4 Å². The average molecular weight is 421 g/mol. The number of ether oxygens (including phenoxy) is 1. The summed E-state index contributed by atoms with van der Waals surface area (Å²) < 4.78 is 6.03. The van der Waals surface area contributed by atoms with E-state index in [4.69, 9.17) is 4.74 Å². The van der Waals surface area contributed by atoms with E-state index in [2.05, 4.69) is 21.2 Å². The maximum Gasteiger partial charge on any atom is 0.306 e. The molecule has 0 aliphatic rings. The summed E-state index contributed by atoms with van der Waals surface area (Å²) in [5.41, 5.74) is 1.47. The lowest BCUT2D eigenvalue weighted by Crippen LogP contribution is -2.15. The number of nitro groups is 1. The van der Waals surface area contributed by atoms with Crippen molar-refractivity contribution in [3.8, 4) is 0 Å². The summed E-state index contributed by atoms with van der Waals surface area (Å²) >= 11 is 3.32. The number of amides is 1. The number of nitrogens with zero attached hydrogens (tertiary/aromatic N) is 1. The molecule has 0 atom stereocenters. The molecular weight excluding hydrogens is 404 g/mol. The van der Waals surface area contributed by atoms with Gasteiger partial charge in [0.05, 0.1) is 11.3 Å². The second-order valence-corrected chi connectivity index (χ2v) is 6.53. The molecule has 1 N–H and O–H groups in total. The number of benzene rings is 2. The molecule has 2 aromatic carbocycles. The topological polar surface area (TPSA) is 98.5 Å². The van der Waals surface area contributed by atoms with Crippen molar-refractivity contribution in [2.24, 2.45) is 0 Å². The van der Waals surface area contributed by atoms with Crippen molar-refractivity contribution in [3.05, 3.63) is 68.2 Å². The summed E-state index contributed by atoms with van der Waals surface area (Å²) in [5.74, 6) is -1.00. The van der Waals surface area contributed by atoms with Gasteiger partial charge in [-0.15, -0.1) is 0 Å². The normalized spacial score (nSPS) is 10.2. The molecule has 2 aromatic rings. The molecule has 0 fully saturated rings. The summed E-state index contributed by atoms with van der Waals surface area (Å²) in [6, 6.07) is 11.8. The number of nitro benzene ring substituents is 1. The highest BCUT2D eigenvalue weighted by molar-refractivity contribution is 9.10. The van der Waals surface area contributed by atoms with Crippen LogP contribution >= 0.6 is 15.9 Å². The third-order valence-corrected chi connectivity index (χ3v) is 4.02. The predicted octanol–water partition coefficient (Wildman–Crippen LogP) is 4.13. The van der Waals surface area contributed by atoms with Crippen molar-refractivity contribution in [2.45, 2.75) is 26.4 Å². The largest absolute Gasteiger partial charge is 0.461 e. The van der Waals surface area contributed by atoms with Gasteiger partial charge in [-0.05, 0) is 36.2 Å². The molecule has 0 spiro atoms. The van der Waals surface area contributed by atoms with Gasteiger partial charge in [-0.3, -0.25) is 19.7 Å². The number of anilines is 1. The Balaban J connectivity index is 1.82. The van der Waals surface area contributed by atoms with Crippen LogP contribution in [0.25, 0.3) is 0 Å². The quantitative estimate of drug-likeness (QED) is 0.412. The summed E-state index contributed by atoms with van der Waals surface area (Å²) in [6.07, 6.45) is -0.230. The molecule has 0 saturated heterocycles. The Kier molecular flexibility index (Phi) is 6.85. The maximum absolute atomic E-state index is 11.9. The van der Waals surface area contributed by atoms with E-state index in [0.717, 1.165) is 10.0 Å². The lowest BCUT2D eigenvalue weighted by atomic mass is 10.2. The Morgan fingerprint density at radius 1 is 1.15 bits per heavy atom. The summed E-state index contributed by atoms with van der Waals surface area (Å²) in [4.78, 5) is 34.2. The minimum absolute atomic E-state index is 0.105. The van der Waals surface area contributed by atoms with Crippen LogP contribution in [0.3, 0.4) is 0 Å². The average Bonchev–Trinajstić information content (AvgIpc) is 2.61. The van der Waals surface area contributed by atoms with Gasteiger partial charge in [0.1, 0.15) is 12.3 Å². The van der Waals surface area contributed by atoms with Crippen molar-refractivity contribution >= 4 is 39.2 Å². The summed E-state index contributed by atoms with van der Waals surface area (Å²) in [6.45, 7) is 1.84. The third-order valence-electron chi connectivity index (χ3n) is 3.49. The van der Waals surface area contributed by atoms with Crippen LogP contribution in [-0.2, 0) is 20.9 Å². The fourth-order valence-electron chi connectivity index (χ4n) is 2.14. The first-order valence-corrected chi connectivity index (χ1v) is 8.59. The Hall–Kier alpha value is -2.74. The second-order valence-electron chi connectivity index (χ2n) is 5.61. The number of halogens is 1. The monoisotopic (exact) mass is 420 g/mol. The van der Waals surface area contributed by atoms with E-state index in [-0.39, 0.29) is 30.8 Å². The zero-order valence-electron chi connectivity index (χ0n) is 14.0. The minimum atomic E-state index is -0.560. The zero-order valence-corrected chi connectivity index (χ0v) is 15.6. The van der Waals surface area contributed by atoms with Crippen LogP contribution in [-0.4, -0.2) is 16.8 Å². The maximum atomic E-state index is 11.9. The van der Waals surface area contributed by atoms with E-state index in [1.54, 1.807) is 13.0 Å². The number of esters is 1. The minimum Gasteiger partial charge on any atom is -0.461 e. The van der Waals surface area contributed by atoms with Crippen molar-refractivity contribution in [1.82, 2.24) is 0 Å². The van der Waals surface area contributed by atoms with Gasteiger partial charge in [0, 0.05) is 17.0 Å². The zero-order chi connectivity index (χ0) is 19.1.